The highest BCUT2D eigenvalue weighted by molar-refractivity contribution is 5.94. The molecule has 4 N–H and O–H groups in total. The number of halogens is 1. The van der Waals surface area contributed by atoms with Gasteiger partial charge in [0.25, 0.3) is 5.09 Å². The van der Waals surface area contributed by atoms with E-state index in [9.17, 15) is 44.6 Å². The molecule has 0 saturated heterocycles. The molecule has 14 nitrogen and oxygen atoms in total. The van der Waals surface area contributed by atoms with Crippen molar-refractivity contribution in [3.8, 4) is 5.75 Å². The summed E-state index contributed by atoms with van der Waals surface area (Å²) in [6.45, 7) is 1.46. The van der Waals surface area contributed by atoms with Gasteiger partial charge in [0.1, 0.15) is 12.3 Å². The number of hydrogen-bond donors (Lipinski definition) is 4. The molecule has 1 aromatic rings. The van der Waals surface area contributed by atoms with Crippen LogP contribution < -0.4 is 10.1 Å². The molecule has 4 aliphatic rings. The van der Waals surface area contributed by atoms with E-state index >= 15 is 4.39 Å². The minimum Gasteiger partial charge on any atom is -0.456 e. The Labute approximate surface area is 275 Å². The van der Waals surface area contributed by atoms with Crippen LogP contribution >= 0.6 is 0 Å². The molecule has 8 atom stereocenters. The van der Waals surface area contributed by atoms with Crippen molar-refractivity contribution in [2.45, 2.75) is 75.9 Å². The van der Waals surface area contributed by atoms with Crippen LogP contribution in [0.3, 0.4) is 0 Å². The highest BCUT2D eigenvalue weighted by Crippen LogP contribution is 2.69. The van der Waals surface area contributed by atoms with Crippen LogP contribution in [0.15, 0.2) is 48.1 Å². The van der Waals surface area contributed by atoms with Gasteiger partial charge in [-0.15, -0.1) is 10.1 Å². The quantitative estimate of drug-likeness (QED) is 0.0874. The Morgan fingerprint density at radius 3 is 2.52 bits per heavy atom. The average molecular weight is 675 g/mol. The second-order valence-corrected chi connectivity index (χ2v) is 13.4. The second-order valence-electron chi connectivity index (χ2n) is 13.4. The number of fused-ring (bicyclic) bond motifs is 5. The van der Waals surface area contributed by atoms with Crippen molar-refractivity contribution >= 4 is 23.6 Å². The van der Waals surface area contributed by atoms with E-state index in [4.69, 9.17) is 9.47 Å². The maximum Gasteiger partial charge on any atom is 0.413 e. The van der Waals surface area contributed by atoms with Crippen molar-refractivity contribution in [1.29, 1.82) is 0 Å². The van der Waals surface area contributed by atoms with E-state index in [0.717, 1.165) is 5.56 Å². The van der Waals surface area contributed by atoms with Crippen LogP contribution in [0, 0.1) is 32.8 Å². The number of hydrogen-bond acceptors (Lipinski definition) is 12. The third-order valence-electron chi connectivity index (χ3n) is 10.9. The number of carbonyl (C=O) groups excluding carboxylic acids is 4. The van der Waals surface area contributed by atoms with Gasteiger partial charge in [-0.25, -0.2) is 9.18 Å². The molecule has 2 saturated carbocycles. The monoisotopic (exact) mass is 674 g/mol. The summed E-state index contributed by atoms with van der Waals surface area (Å²) < 4.78 is 27.4. The number of amides is 1. The third kappa shape index (κ3) is 5.87. The van der Waals surface area contributed by atoms with Crippen molar-refractivity contribution in [3.05, 3.63) is 63.7 Å². The molecule has 4 aliphatic carbocycles. The fourth-order valence-electron chi connectivity index (χ4n) is 8.37. The van der Waals surface area contributed by atoms with Gasteiger partial charge in [-0.3, -0.25) is 14.4 Å². The lowest BCUT2D eigenvalue weighted by Crippen LogP contribution is -2.69. The third-order valence-corrected chi connectivity index (χ3v) is 10.9. The van der Waals surface area contributed by atoms with Crippen molar-refractivity contribution < 1.29 is 58.3 Å². The molecule has 2 fully saturated rings. The molecule has 0 spiro atoms. The van der Waals surface area contributed by atoms with Crippen molar-refractivity contribution in [3.63, 3.8) is 0 Å². The van der Waals surface area contributed by atoms with E-state index in [2.05, 4.69) is 10.2 Å². The molecule has 0 radical (unpaired) electrons. The summed E-state index contributed by atoms with van der Waals surface area (Å²) in [6.07, 6.45) is 0.862. The number of rotatable bonds is 11. The summed E-state index contributed by atoms with van der Waals surface area (Å²) >= 11 is 0. The molecule has 5 rings (SSSR count). The molecule has 0 unspecified atom stereocenters. The van der Waals surface area contributed by atoms with Crippen LogP contribution in [0.4, 0.5) is 9.18 Å². The first-order valence-electron chi connectivity index (χ1n) is 15.8. The van der Waals surface area contributed by atoms with Crippen LogP contribution in [0.2, 0.25) is 0 Å². The number of allylic oxidation sites excluding steroid dienone is 4. The lowest BCUT2D eigenvalue weighted by atomic mass is 9.45. The van der Waals surface area contributed by atoms with Crippen LogP contribution in [0.5, 0.6) is 5.75 Å². The van der Waals surface area contributed by atoms with E-state index in [0.29, 0.717) is 18.4 Å². The summed E-state index contributed by atoms with van der Waals surface area (Å²) in [6, 6.07) is 6.29. The first-order chi connectivity index (χ1) is 22.6. The molecule has 0 heterocycles. The Bertz CT molecular complexity index is 1550. The SMILES string of the molecule is C[C@]12C=CC(=O)CC1=CC[C@H]1[C@@H]3C[C@@H](O)[C@](O)(C(=O)COC(=O)CNC(=O)Oc4ccc(CCCO[N+](=O)[O-])cc4)[C@@]3(C)C[C@H](O)[C@@]12F. The average Bonchev–Trinajstić information content (AvgIpc) is 3.24. The smallest absolute Gasteiger partial charge is 0.413 e. The Morgan fingerprint density at radius 1 is 1.12 bits per heavy atom. The minimum absolute atomic E-state index is 0.0312. The summed E-state index contributed by atoms with van der Waals surface area (Å²) in [4.78, 5) is 64.5. The fourth-order valence-corrected chi connectivity index (χ4v) is 8.37. The van der Waals surface area contributed by atoms with Gasteiger partial charge in [-0.2, -0.15) is 0 Å². The first-order valence-corrected chi connectivity index (χ1v) is 15.8. The molecule has 15 heteroatoms. The van der Waals surface area contributed by atoms with E-state index in [1.807, 2.05) is 0 Å². The fraction of sp³-hybridized carbons (Fsp3) is 0.576. The van der Waals surface area contributed by atoms with Crippen molar-refractivity contribution in [2.24, 2.45) is 22.7 Å². The van der Waals surface area contributed by atoms with Gasteiger partial charge in [-0.1, -0.05) is 36.8 Å². The summed E-state index contributed by atoms with van der Waals surface area (Å²) in [5.74, 6) is -3.70. The first kappa shape index (κ1) is 35.1. The number of ketones is 2. The van der Waals surface area contributed by atoms with Gasteiger partial charge in [0.2, 0.25) is 5.78 Å². The van der Waals surface area contributed by atoms with Crippen LogP contribution in [-0.4, -0.2) is 87.3 Å². The number of ether oxygens (including phenoxy) is 2. The Balaban J connectivity index is 1.16. The van der Waals surface area contributed by atoms with Crippen LogP contribution in [0.25, 0.3) is 0 Å². The molecule has 0 bridgehead atoms. The maximum atomic E-state index is 17.2. The molecule has 0 aliphatic heterocycles. The number of aliphatic hydroxyl groups excluding tert-OH is 2. The number of benzene rings is 1. The Morgan fingerprint density at radius 2 is 1.83 bits per heavy atom. The van der Waals surface area contributed by atoms with Gasteiger partial charge in [0.15, 0.2) is 23.7 Å². The Hall–Kier alpha value is -4.21. The standard InChI is InChI=1S/C33H39FN2O12/c1-30-12-11-21(37)14-20(30)7-10-23-24-15-25(38)33(43,31(24,2)16-26(39)32(23,30)34)27(40)18-46-28(41)17-35-29(42)48-22-8-5-19(6-9-22)4-3-13-47-36(44)45/h5-9,11-12,23-26,38-39,43H,3-4,10,13-18H2,1-2H3,(H,35,42)/t23-,24-,25+,26-,30-,31-,32-,33-/m0/s1. The number of esters is 1. The zero-order chi connectivity index (χ0) is 35.1. The number of nitrogens with zero attached hydrogens (tertiary/aromatic N) is 1. The zero-order valence-electron chi connectivity index (χ0n) is 26.6. The van der Waals surface area contributed by atoms with Gasteiger partial charge in [0.05, 0.1) is 18.8 Å². The highest BCUT2D eigenvalue weighted by Gasteiger charge is 2.76. The minimum atomic E-state index is -2.47. The Kier molecular flexibility index (Phi) is 9.51. The number of aliphatic hydroxyl groups is 3. The number of Topliss-reactive ketones (excluding diaryl/α,β-unsaturated/α-hetero) is 1. The maximum absolute atomic E-state index is 17.2. The zero-order valence-corrected chi connectivity index (χ0v) is 26.6. The number of carbonyl (C=O) groups is 4. The lowest BCUT2D eigenvalue weighted by Gasteiger charge is -2.61. The van der Waals surface area contributed by atoms with Gasteiger partial charge >= 0.3 is 12.1 Å². The predicted octanol–water partition coefficient (Wildman–Crippen LogP) is 2.10. The van der Waals surface area contributed by atoms with Crippen LogP contribution in [-0.2, 0) is 30.4 Å². The number of aryl methyl sites for hydroxylation is 1. The van der Waals surface area contributed by atoms with E-state index in [1.54, 1.807) is 25.1 Å². The van der Waals surface area contributed by atoms with Gasteiger partial charge in [-0.05, 0) is 68.7 Å². The highest BCUT2D eigenvalue weighted by atomic mass is 19.1. The molecule has 1 amide bonds. The van der Waals surface area contributed by atoms with E-state index < -0.39 is 82.2 Å². The van der Waals surface area contributed by atoms with E-state index in [-0.39, 0.29) is 43.8 Å². The topological polar surface area (TPSA) is 212 Å². The van der Waals surface area contributed by atoms with Crippen LogP contribution in [0.1, 0.15) is 51.5 Å². The summed E-state index contributed by atoms with van der Waals surface area (Å²) in [5, 5.41) is 45.8. The van der Waals surface area contributed by atoms with Gasteiger partial charge in [0, 0.05) is 23.2 Å². The molecular formula is C33H39FN2O12. The number of nitrogens with one attached hydrogen (secondary N) is 1. The number of alkyl halides is 1. The van der Waals surface area contributed by atoms with Gasteiger partial charge < -0.3 is 34.9 Å². The van der Waals surface area contributed by atoms with E-state index in [1.165, 1.54) is 31.2 Å². The largest absolute Gasteiger partial charge is 0.456 e. The lowest BCUT2D eigenvalue weighted by molar-refractivity contribution is -0.757. The molecule has 260 valence electrons. The predicted molar refractivity (Wildman–Crippen MR) is 162 cm³/mol. The molecular weight excluding hydrogens is 635 g/mol. The normalized spacial score (nSPS) is 35.0. The second kappa shape index (κ2) is 13.0. The molecule has 1 aromatic carbocycles. The summed E-state index contributed by atoms with van der Waals surface area (Å²) in [7, 11) is 0. The van der Waals surface area contributed by atoms with Crippen molar-refractivity contribution in [1.82, 2.24) is 5.32 Å². The molecule has 0 aromatic heterocycles. The van der Waals surface area contributed by atoms with Crippen molar-refractivity contribution in [2.75, 3.05) is 19.8 Å². The molecule has 48 heavy (non-hydrogen) atoms. The summed E-state index contributed by atoms with van der Waals surface area (Å²) in [5.41, 5.74) is -6.07.